The molecule has 0 aliphatic heterocycles. The molecule has 0 saturated heterocycles. The number of aliphatic hydroxyl groups excluding tert-OH is 1. The molecule has 2 nitrogen and oxygen atoms in total. The smallest absolute Gasteiger partial charge is 0.142 e. The Morgan fingerprint density at radius 3 is 2.28 bits per heavy atom. The summed E-state index contributed by atoms with van der Waals surface area (Å²) in [7, 11) is 0. The van der Waals surface area contributed by atoms with Gasteiger partial charge in [-0.2, -0.15) is 0 Å². The summed E-state index contributed by atoms with van der Waals surface area (Å²) in [6.45, 7) is 1.69. The molecule has 0 fully saturated rings. The van der Waals surface area contributed by atoms with Crippen molar-refractivity contribution in [3.05, 3.63) is 58.9 Å². The van der Waals surface area contributed by atoms with Crippen molar-refractivity contribution in [2.24, 2.45) is 0 Å². The average Bonchev–Trinajstić information content (AvgIpc) is 2.34. The Hall–Kier alpha value is -1.58. The Morgan fingerprint density at radius 1 is 1.11 bits per heavy atom. The van der Waals surface area contributed by atoms with Crippen molar-refractivity contribution in [3.8, 4) is 11.5 Å². The number of ether oxygens (including phenoxy) is 1. The Kier molecular flexibility index (Phi) is 3.84. The van der Waals surface area contributed by atoms with Crippen LogP contribution in [-0.4, -0.2) is 5.11 Å². The third-order valence-corrected chi connectivity index (χ3v) is 2.78. The molecule has 4 heteroatoms. The monoisotopic (exact) mass is 266 g/mol. The first-order valence-electron chi connectivity index (χ1n) is 5.47. The van der Waals surface area contributed by atoms with Crippen LogP contribution in [0.15, 0.2) is 42.5 Å². The molecule has 0 aliphatic carbocycles. The van der Waals surface area contributed by atoms with Crippen molar-refractivity contribution in [1.82, 2.24) is 0 Å². The second-order valence-electron chi connectivity index (χ2n) is 3.92. The van der Waals surface area contributed by atoms with Crippen molar-refractivity contribution >= 4 is 11.6 Å². The first-order valence-corrected chi connectivity index (χ1v) is 5.85. The van der Waals surface area contributed by atoms with Crippen molar-refractivity contribution in [1.29, 1.82) is 0 Å². The molecule has 0 heterocycles. The Morgan fingerprint density at radius 2 is 1.72 bits per heavy atom. The minimum absolute atomic E-state index is 0.0214. The van der Waals surface area contributed by atoms with Crippen LogP contribution < -0.4 is 4.74 Å². The molecule has 2 aromatic rings. The lowest BCUT2D eigenvalue weighted by Gasteiger charge is -2.08. The molecule has 0 saturated carbocycles. The quantitative estimate of drug-likeness (QED) is 0.896. The van der Waals surface area contributed by atoms with Crippen LogP contribution >= 0.6 is 11.6 Å². The van der Waals surface area contributed by atoms with Crippen molar-refractivity contribution in [2.75, 3.05) is 0 Å². The second kappa shape index (κ2) is 5.38. The maximum absolute atomic E-state index is 13.0. The zero-order valence-corrected chi connectivity index (χ0v) is 10.5. The minimum Gasteiger partial charge on any atom is -0.457 e. The van der Waals surface area contributed by atoms with E-state index in [1.54, 1.807) is 31.2 Å². The number of benzene rings is 2. The van der Waals surface area contributed by atoms with Gasteiger partial charge in [-0.3, -0.25) is 0 Å². The van der Waals surface area contributed by atoms with Gasteiger partial charge >= 0.3 is 0 Å². The van der Waals surface area contributed by atoms with Crippen LogP contribution in [0.2, 0.25) is 5.02 Å². The fourth-order valence-corrected chi connectivity index (χ4v) is 1.66. The molecule has 1 atom stereocenters. The summed E-state index contributed by atoms with van der Waals surface area (Å²) in [5.74, 6) is 0.585. The fraction of sp³-hybridized carbons (Fsp3) is 0.143. The molecule has 0 radical (unpaired) electrons. The first kappa shape index (κ1) is 12.9. The van der Waals surface area contributed by atoms with E-state index >= 15 is 0 Å². The number of halogens is 2. The average molecular weight is 267 g/mol. The molecule has 2 aromatic carbocycles. The van der Waals surface area contributed by atoms with Gasteiger partial charge in [0.05, 0.1) is 11.1 Å². The number of hydrogen-bond acceptors (Lipinski definition) is 2. The van der Waals surface area contributed by atoms with Gasteiger partial charge in [-0.25, -0.2) is 4.39 Å². The maximum Gasteiger partial charge on any atom is 0.142 e. The van der Waals surface area contributed by atoms with Gasteiger partial charge in [-0.05, 0) is 36.8 Å². The Labute approximate surface area is 110 Å². The molecule has 0 aromatic heterocycles. The van der Waals surface area contributed by atoms with Crippen LogP contribution in [0, 0.1) is 5.82 Å². The zero-order chi connectivity index (χ0) is 13.1. The summed E-state index contributed by atoms with van der Waals surface area (Å²) in [5.41, 5.74) is 0.805. The van der Waals surface area contributed by atoms with E-state index in [-0.39, 0.29) is 5.02 Å². The van der Waals surface area contributed by atoms with Crippen LogP contribution in [0.25, 0.3) is 0 Å². The predicted octanol–water partition coefficient (Wildman–Crippen LogP) is 4.32. The van der Waals surface area contributed by atoms with Gasteiger partial charge < -0.3 is 9.84 Å². The van der Waals surface area contributed by atoms with E-state index in [4.69, 9.17) is 16.3 Å². The highest BCUT2D eigenvalue weighted by molar-refractivity contribution is 6.30. The van der Waals surface area contributed by atoms with Gasteiger partial charge in [-0.15, -0.1) is 0 Å². The third-order valence-electron chi connectivity index (χ3n) is 2.49. The molecule has 94 valence electrons. The standard InChI is InChI=1S/C14H12ClFO2/c1-9(17)10-2-4-11(5-3-10)18-12-6-7-14(16)13(15)8-12/h2-9,17H,1H3. The topological polar surface area (TPSA) is 29.5 Å². The molecular formula is C14H12ClFO2. The maximum atomic E-state index is 13.0. The minimum atomic E-state index is -0.515. The summed E-state index contributed by atoms with van der Waals surface area (Å²) >= 11 is 5.66. The molecule has 2 rings (SSSR count). The van der Waals surface area contributed by atoms with E-state index in [2.05, 4.69) is 0 Å². The van der Waals surface area contributed by atoms with Crippen molar-refractivity contribution in [2.45, 2.75) is 13.0 Å². The van der Waals surface area contributed by atoms with Crippen LogP contribution in [0.4, 0.5) is 4.39 Å². The summed E-state index contributed by atoms with van der Waals surface area (Å²) < 4.78 is 18.5. The lowest BCUT2D eigenvalue weighted by molar-refractivity contribution is 0.199. The van der Waals surface area contributed by atoms with E-state index < -0.39 is 11.9 Å². The van der Waals surface area contributed by atoms with Gasteiger partial charge in [-0.1, -0.05) is 23.7 Å². The molecule has 0 aliphatic rings. The molecule has 1 unspecified atom stereocenters. The van der Waals surface area contributed by atoms with Gasteiger partial charge in [0.25, 0.3) is 0 Å². The summed E-state index contributed by atoms with van der Waals surface area (Å²) in [6.07, 6.45) is -0.515. The van der Waals surface area contributed by atoms with Gasteiger partial charge in [0, 0.05) is 6.07 Å². The number of aliphatic hydroxyl groups is 1. The molecule has 0 bridgehead atoms. The highest BCUT2D eigenvalue weighted by atomic mass is 35.5. The number of hydrogen-bond donors (Lipinski definition) is 1. The van der Waals surface area contributed by atoms with Gasteiger partial charge in [0.15, 0.2) is 0 Å². The van der Waals surface area contributed by atoms with Gasteiger partial charge in [0.2, 0.25) is 0 Å². The normalized spacial score (nSPS) is 12.2. The lowest BCUT2D eigenvalue weighted by atomic mass is 10.1. The summed E-state index contributed by atoms with van der Waals surface area (Å²) in [6, 6.07) is 11.2. The van der Waals surface area contributed by atoms with Crippen LogP contribution in [0.1, 0.15) is 18.6 Å². The zero-order valence-electron chi connectivity index (χ0n) is 9.73. The molecule has 0 amide bonds. The molecule has 0 spiro atoms. The van der Waals surface area contributed by atoms with Crippen LogP contribution in [0.5, 0.6) is 11.5 Å². The fourth-order valence-electron chi connectivity index (χ4n) is 1.49. The second-order valence-corrected chi connectivity index (χ2v) is 4.33. The lowest BCUT2D eigenvalue weighted by Crippen LogP contribution is -1.91. The Balaban J connectivity index is 2.15. The summed E-state index contributed by atoms with van der Waals surface area (Å²) in [4.78, 5) is 0. The van der Waals surface area contributed by atoms with E-state index in [0.29, 0.717) is 11.5 Å². The highest BCUT2D eigenvalue weighted by Gasteiger charge is 2.04. The van der Waals surface area contributed by atoms with Crippen molar-refractivity contribution in [3.63, 3.8) is 0 Å². The molecule has 18 heavy (non-hydrogen) atoms. The molecular weight excluding hydrogens is 255 g/mol. The van der Waals surface area contributed by atoms with E-state index in [1.807, 2.05) is 0 Å². The van der Waals surface area contributed by atoms with E-state index in [0.717, 1.165) is 5.56 Å². The predicted molar refractivity (Wildman–Crippen MR) is 68.6 cm³/mol. The molecule has 1 N–H and O–H groups in total. The van der Waals surface area contributed by atoms with Crippen molar-refractivity contribution < 1.29 is 14.2 Å². The van der Waals surface area contributed by atoms with E-state index in [9.17, 15) is 9.50 Å². The number of rotatable bonds is 3. The SMILES string of the molecule is CC(O)c1ccc(Oc2ccc(F)c(Cl)c2)cc1. The van der Waals surface area contributed by atoms with Crippen LogP contribution in [-0.2, 0) is 0 Å². The summed E-state index contributed by atoms with van der Waals surface area (Å²) in [5, 5.41) is 9.39. The highest BCUT2D eigenvalue weighted by Crippen LogP contribution is 2.26. The largest absolute Gasteiger partial charge is 0.457 e. The van der Waals surface area contributed by atoms with Gasteiger partial charge in [0.1, 0.15) is 17.3 Å². The third kappa shape index (κ3) is 3.00. The van der Waals surface area contributed by atoms with E-state index in [1.165, 1.54) is 18.2 Å². The first-order chi connectivity index (χ1) is 8.56. The van der Waals surface area contributed by atoms with Crippen LogP contribution in [0.3, 0.4) is 0 Å². The Bertz CT molecular complexity index is 538.